The zero-order valence-electron chi connectivity index (χ0n) is 10.0. The highest BCUT2D eigenvalue weighted by Crippen LogP contribution is 2.32. The first-order valence-electron chi connectivity index (χ1n) is 5.91. The van der Waals surface area contributed by atoms with Gasteiger partial charge in [0.2, 0.25) is 0 Å². The maximum absolute atomic E-state index is 13.2. The van der Waals surface area contributed by atoms with Gasteiger partial charge in [0, 0.05) is 11.6 Å². The summed E-state index contributed by atoms with van der Waals surface area (Å²) in [6.07, 6.45) is 1.62. The van der Waals surface area contributed by atoms with E-state index >= 15 is 0 Å². The molecule has 98 valence electrons. The van der Waals surface area contributed by atoms with Crippen molar-refractivity contribution in [3.05, 3.63) is 53.6 Å². The van der Waals surface area contributed by atoms with E-state index in [4.69, 9.17) is 16.0 Å². The first-order chi connectivity index (χ1) is 9.72. The molecule has 4 nitrogen and oxygen atoms in total. The molecular formula is C14H7ClFN3O. The molecule has 1 aromatic carbocycles. The first-order valence-corrected chi connectivity index (χ1v) is 6.29. The van der Waals surface area contributed by atoms with E-state index in [9.17, 15) is 4.39 Å². The number of fused-ring (bicyclic) bond motifs is 2. The van der Waals surface area contributed by atoms with Crippen LogP contribution in [-0.4, -0.2) is 14.6 Å². The highest BCUT2D eigenvalue weighted by atomic mass is 35.5. The van der Waals surface area contributed by atoms with Crippen molar-refractivity contribution < 1.29 is 8.81 Å². The van der Waals surface area contributed by atoms with Crippen molar-refractivity contribution in [1.82, 2.24) is 14.6 Å². The van der Waals surface area contributed by atoms with Gasteiger partial charge in [0.1, 0.15) is 17.1 Å². The van der Waals surface area contributed by atoms with Crippen molar-refractivity contribution in [2.45, 2.75) is 0 Å². The Balaban J connectivity index is 1.98. The minimum absolute atomic E-state index is 0.312. The Kier molecular flexibility index (Phi) is 2.31. The van der Waals surface area contributed by atoms with E-state index in [1.165, 1.54) is 16.6 Å². The van der Waals surface area contributed by atoms with Crippen LogP contribution in [0, 0.1) is 5.82 Å². The van der Waals surface area contributed by atoms with Gasteiger partial charge in [-0.3, -0.25) is 0 Å². The highest BCUT2D eigenvalue weighted by molar-refractivity contribution is 6.32. The maximum Gasteiger partial charge on any atom is 0.162 e. The van der Waals surface area contributed by atoms with Crippen LogP contribution in [0.25, 0.3) is 28.1 Å². The molecule has 0 unspecified atom stereocenters. The van der Waals surface area contributed by atoms with Crippen LogP contribution >= 0.6 is 11.6 Å². The SMILES string of the molecule is Fc1ccc2oc(-c3nc4cccnn4c3Cl)cc2c1. The second kappa shape index (κ2) is 4.05. The van der Waals surface area contributed by atoms with Crippen molar-refractivity contribution in [2.75, 3.05) is 0 Å². The molecule has 0 aliphatic rings. The molecule has 0 amide bonds. The van der Waals surface area contributed by atoms with Gasteiger partial charge in [0.25, 0.3) is 0 Å². The van der Waals surface area contributed by atoms with Crippen molar-refractivity contribution in [3.8, 4) is 11.5 Å². The quantitative estimate of drug-likeness (QED) is 0.533. The predicted octanol–water partition coefficient (Wildman–Crippen LogP) is 3.94. The molecular weight excluding hydrogens is 281 g/mol. The lowest BCUT2D eigenvalue weighted by Crippen LogP contribution is -1.88. The summed E-state index contributed by atoms with van der Waals surface area (Å²) < 4.78 is 20.4. The third-order valence-corrected chi connectivity index (χ3v) is 3.39. The van der Waals surface area contributed by atoms with Gasteiger partial charge in [-0.2, -0.15) is 5.10 Å². The van der Waals surface area contributed by atoms with Crippen LogP contribution in [0.5, 0.6) is 0 Å². The van der Waals surface area contributed by atoms with Crippen LogP contribution < -0.4 is 0 Å². The molecule has 0 saturated heterocycles. The monoisotopic (exact) mass is 287 g/mol. The number of nitrogens with zero attached hydrogens (tertiary/aromatic N) is 3. The average molecular weight is 288 g/mol. The minimum atomic E-state index is -0.312. The van der Waals surface area contributed by atoms with Crippen molar-refractivity contribution >= 4 is 28.2 Å². The second-order valence-corrected chi connectivity index (χ2v) is 4.70. The van der Waals surface area contributed by atoms with Crippen LogP contribution in [0.3, 0.4) is 0 Å². The maximum atomic E-state index is 13.2. The van der Waals surface area contributed by atoms with E-state index in [0.717, 1.165) is 0 Å². The zero-order valence-corrected chi connectivity index (χ0v) is 10.8. The van der Waals surface area contributed by atoms with Crippen LogP contribution in [-0.2, 0) is 0 Å². The van der Waals surface area contributed by atoms with Crippen molar-refractivity contribution in [1.29, 1.82) is 0 Å². The van der Waals surface area contributed by atoms with E-state index in [0.29, 0.717) is 33.2 Å². The molecule has 0 bridgehead atoms. The molecule has 0 atom stereocenters. The third kappa shape index (κ3) is 1.60. The summed E-state index contributed by atoms with van der Waals surface area (Å²) >= 11 is 6.25. The third-order valence-electron chi connectivity index (χ3n) is 3.05. The number of aromatic nitrogens is 3. The number of furan rings is 1. The molecule has 6 heteroatoms. The van der Waals surface area contributed by atoms with Crippen LogP contribution in [0.2, 0.25) is 5.15 Å². The minimum Gasteiger partial charge on any atom is -0.454 e. The Hall–Kier alpha value is -2.40. The van der Waals surface area contributed by atoms with Gasteiger partial charge in [-0.25, -0.2) is 13.9 Å². The molecule has 4 aromatic rings. The summed E-state index contributed by atoms with van der Waals surface area (Å²) in [6, 6.07) is 9.62. The lowest BCUT2D eigenvalue weighted by molar-refractivity contribution is 0.618. The number of hydrogen-bond donors (Lipinski definition) is 0. The van der Waals surface area contributed by atoms with Crippen LogP contribution in [0.1, 0.15) is 0 Å². The molecule has 20 heavy (non-hydrogen) atoms. The zero-order chi connectivity index (χ0) is 13.7. The van der Waals surface area contributed by atoms with E-state index in [1.54, 1.807) is 30.5 Å². The van der Waals surface area contributed by atoms with E-state index in [-0.39, 0.29) is 5.82 Å². The van der Waals surface area contributed by atoms with Gasteiger partial charge >= 0.3 is 0 Å². The molecule has 0 saturated carbocycles. The Labute approximate surface area is 117 Å². The standard InChI is InChI=1S/C14H7ClFN3O/c15-14-13(18-12-2-1-5-17-19(12)14)11-7-8-6-9(16)3-4-10(8)20-11/h1-7H. The summed E-state index contributed by atoms with van der Waals surface area (Å²) in [6.45, 7) is 0. The topological polar surface area (TPSA) is 43.3 Å². The lowest BCUT2D eigenvalue weighted by Gasteiger charge is -1.91. The summed E-state index contributed by atoms with van der Waals surface area (Å²) in [5, 5.41) is 5.14. The summed E-state index contributed by atoms with van der Waals surface area (Å²) in [7, 11) is 0. The second-order valence-electron chi connectivity index (χ2n) is 4.34. The molecule has 3 aromatic heterocycles. The summed E-state index contributed by atoms with van der Waals surface area (Å²) in [5.74, 6) is 0.175. The van der Waals surface area contributed by atoms with Crippen LogP contribution in [0.15, 0.2) is 47.0 Å². The van der Waals surface area contributed by atoms with Crippen LogP contribution in [0.4, 0.5) is 4.39 Å². The Bertz CT molecular complexity index is 944. The van der Waals surface area contributed by atoms with E-state index in [2.05, 4.69) is 10.1 Å². The Morgan fingerprint density at radius 2 is 2.10 bits per heavy atom. The fourth-order valence-electron chi connectivity index (χ4n) is 2.15. The summed E-state index contributed by atoms with van der Waals surface area (Å²) in [5.41, 5.74) is 1.70. The van der Waals surface area contributed by atoms with Gasteiger partial charge in [-0.1, -0.05) is 11.6 Å². The fraction of sp³-hybridized carbons (Fsp3) is 0. The van der Waals surface area contributed by atoms with Gasteiger partial charge in [-0.05, 0) is 36.4 Å². The molecule has 4 rings (SSSR count). The van der Waals surface area contributed by atoms with Gasteiger partial charge in [0.05, 0.1) is 0 Å². The molecule has 0 N–H and O–H groups in total. The number of hydrogen-bond acceptors (Lipinski definition) is 3. The van der Waals surface area contributed by atoms with E-state index in [1.807, 2.05) is 0 Å². The van der Waals surface area contributed by atoms with Crippen molar-refractivity contribution in [2.24, 2.45) is 0 Å². The molecule has 0 spiro atoms. The van der Waals surface area contributed by atoms with Gasteiger partial charge in [-0.15, -0.1) is 0 Å². The molecule has 0 fully saturated rings. The van der Waals surface area contributed by atoms with Gasteiger partial charge < -0.3 is 4.42 Å². The molecule has 0 radical (unpaired) electrons. The Morgan fingerprint density at radius 1 is 1.20 bits per heavy atom. The molecule has 0 aliphatic carbocycles. The first kappa shape index (κ1) is 11.4. The number of rotatable bonds is 1. The fourth-order valence-corrected chi connectivity index (χ4v) is 2.41. The van der Waals surface area contributed by atoms with E-state index < -0.39 is 0 Å². The number of benzene rings is 1. The summed E-state index contributed by atoms with van der Waals surface area (Å²) in [4.78, 5) is 4.38. The molecule has 0 aliphatic heterocycles. The normalized spacial score (nSPS) is 11.5. The lowest BCUT2D eigenvalue weighted by atomic mass is 10.2. The largest absolute Gasteiger partial charge is 0.454 e. The van der Waals surface area contributed by atoms with Gasteiger partial charge in [0.15, 0.2) is 16.6 Å². The smallest absolute Gasteiger partial charge is 0.162 e. The number of imidazole rings is 1. The van der Waals surface area contributed by atoms with Crippen molar-refractivity contribution in [3.63, 3.8) is 0 Å². The average Bonchev–Trinajstić information content (AvgIpc) is 3.00. The Morgan fingerprint density at radius 3 is 2.95 bits per heavy atom. The predicted molar refractivity (Wildman–Crippen MR) is 73.2 cm³/mol. The number of halogens is 2. The molecule has 3 heterocycles. The highest BCUT2D eigenvalue weighted by Gasteiger charge is 2.16.